The zero-order valence-corrected chi connectivity index (χ0v) is 15.1. The summed E-state index contributed by atoms with van der Waals surface area (Å²) in [5.74, 6) is 0. The van der Waals surface area contributed by atoms with Crippen molar-refractivity contribution in [3.63, 3.8) is 0 Å². The normalized spacial score (nSPS) is 21.7. The van der Waals surface area contributed by atoms with E-state index in [2.05, 4.69) is 19.2 Å². The lowest BCUT2D eigenvalue weighted by Crippen LogP contribution is -2.43. The van der Waals surface area contributed by atoms with Gasteiger partial charge in [-0.1, -0.05) is 0 Å². The molecule has 1 heterocycles. The van der Waals surface area contributed by atoms with Crippen LogP contribution in [0.3, 0.4) is 0 Å². The Hall–Kier alpha value is -0.810. The maximum Gasteiger partial charge on any atom is 0.410 e. The summed E-state index contributed by atoms with van der Waals surface area (Å²) < 4.78 is 11.0. The number of nitrogens with zero attached hydrogens (tertiary/aromatic N) is 1. The van der Waals surface area contributed by atoms with Gasteiger partial charge in [0.25, 0.3) is 0 Å². The predicted octanol–water partition coefficient (Wildman–Crippen LogP) is 3.18. The number of amides is 1. The minimum absolute atomic E-state index is 0.176. The minimum Gasteiger partial charge on any atom is -0.444 e. The van der Waals surface area contributed by atoms with Crippen molar-refractivity contribution in [2.24, 2.45) is 0 Å². The molecular formula is C17H34N2O3. The average molecular weight is 314 g/mol. The fourth-order valence-electron chi connectivity index (χ4n) is 2.84. The molecule has 5 nitrogen and oxygen atoms in total. The molecule has 0 aromatic heterocycles. The largest absolute Gasteiger partial charge is 0.444 e. The Labute approximate surface area is 135 Å². The molecule has 5 heteroatoms. The van der Waals surface area contributed by atoms with Crippen molar-refractivity contribution in [2.75, 3.05) is 19.7 Å². The Morgan fingerprint density at radius 1 is 1.36 bits per heavy atom. The summed E-state index contributed by atoms with van der Waals surface area (Å²) in [7, 11) is 0. The second-order valence-electron chi connectivity index (χ2n) is 7.28. The van der Waals surface area contributed by atoms with Gasteiger partial charge in [0.15, 0.2) is 0 Å². The molecule has 0 aliphatic carbocycles. The molecule has 1 aliphatic rings. The number of hydrogen-bond donors (Lipinski definition) is 1. The Kier molecular flexibility index (Phi) is 7.63. The standard InChI is InChI=1S/C17H34N2O3/c1-7-21-14(3)12-18-13(2)11-15-9-8-10-19(15)16(20)22-17(4,5)6/h13-15,18H,7-12H2,1-6H3. The molecule has 0 radical (unpaired) electrons. The molecular weight excluding hydrogens is 280 g/mol. The molecule has 1 amide bonds. The molecule has 22 heavy (non-hydrogen) atoms. The SMILES string of the molecule is CCOC(C)CNC(C)CC1CCCN1C(=O)OC(C)(C)C. The van der Waals surface area contributed by atoms with E-state index in [1.54, 1.807) is 0 Å². The topological polar surface area (TPSA) is 50.8 Å². The second-order valence-corrected chi connectivity index (χ2v) is 7.28. The maximum absolute atomic E-state index is 12.3. The van der Waals surface area contributed by atoms with Crippen LogP contribution in [0.25, 0.3) is 0 Å². The number of carbonyl (C=O) groups is 1. The van der Waals surface area contributed by atoms with Gasteiger partial charge in [-0.25, -0.2) is 4.79 Å². The van der Waals surface area contributed by atoms with Crippen LogP contribution in [-0.4, -0.2) is 54.5 Å². The van der Waals surface area contributed by atoms with Gasteiger partial charge >= 0.3 is 6.09 Å². The number of carbonyl (C=O) groups excluding carboxylic acids is 1. The fourth-order valence-corrected chi connectivity index (χ4v) is 2.84. The maximum atomic E-state index is 12.3. The van der Waals surface area contributed by atoms with Crippen LogP contribution in [0.1, 0.15) is 60.8 Å². The molecule has 0 saturated carbocycles. The molecule has 1 rings (SSSR count). The summed E-state index contributed by atoms with van der Waals surface area (Å²) in [5, 5.41) is 3.50. The summed E-state index contributed by atoms with van der Waals surface area (Å²) >= 11 is 0. The van der Waals surface area contributed by atoms with Crippen molar-refractivity contribution in [3.8, 4) is 0 Å². The number of rotatable bonds is 7. The molecule has 1 saturated heterocycles. The molecule has 0 aromatic carbocycles. The third kappa shape index (κ3) is 6.97. The van der Waals surface area contributed by atoms with Gasteiger partial charge in [0.05, 0.1) is 6.10 Å². The Morgan fingerprint density at radius 3 is 2.64 bits per heavy atom. The van der Waals surface area contributed by atoms with E-state index in [0.29, 0.717) is 6.04 Å². The highest BCUT2D eigenvalue weighted by molar-refractivity contribution is 5.68. The molecule has 0 spiro atoms. The van der Waals surface area contributed by atoms with Gasteiger partial charge in [0, 0.05) is 31.8 Å². The lowest BCUT2D eigenvalue weighted by atomic mass is 10.1. The Balaban J connectivity index is 2.41. The van der Waals surface area contributed by atoms with Crippen LogP contribution in [0.4, 0.5) is 4.79 Å². The van der Waals surface area contributed by atoms with Crippen LogP contribution in [-0.2, 0) is 9.47 Å². The average Bonchev–Trinajstić information content (AvgIpc) is 2.83. The highest BCUT2D eigenvalue weighted by atomic mass is 16.6. The van der Waals surface area contributed by atoms with E-state index in [-0.39, 0.29) is 18.2 Å². The minimum atomic E-state index is -0.430. The van der Waals surface area contributed by atoms with E-state index >= 15 is 0 Å². The molecule has 3 atom stereocenters. The lowest BCUT2D eigenvalue weighted by molar-refractivity contribution is 0.0211. The van der Waals surface area contributed by atoms with Crippen molar-refractivity contribution < 1.29 is 14.3 Å². The van der Waals surface area contributed by atoms with Crippen molar-refractivity contribution in [1.82, 2.24) is 10.2 Å². The lowest BCUT2D eigenvalue weighted by Gasteiger charge is -2.30. The van der Waals surface area contributed by atoms with Gasteiger partial charge in [-0.15, -0.1) is 0 Å². The summed E-state index contributed by atoms with van der Waals surface area (Å²) in [6.45, 7) is 14.4. The molecule has 1 N–H and O–H groups in total. The molecule has 0 bridgehead atoms. The smallest absolute Gasteiger partial charge is 0.410 e. The van der Waals surface area contributed by atoms with E-state index in [1.165, 1.54) is 0 Å². The third-order valence-electron chi connectivity index (χ3n) is 3.84. The van der Waals surface area contributed by atoms with Crippen molar-refractivity contribution in [1.29, 1.82) is 0 Å². The zero-order valence-electron chi connectivity index (χ0n) is 15.1. The zero-order chi connectivity index (χ0) is 16.8. The van der Waals surface area contributed by atoms with Gasteiger partial charge in [-0.2, -0.15) is 0 Å². The highest BCUT2D eigenvalue weighted by Crippen LogP contribution is 2.24. The molecule has 3 unspecified atom stereocenters. The van der Waals surface area contributed by atoms with Gasteiger partial charge in [-0.05, 0) is 60.8 Å². The first-order valence-corrected chi connectivity index (χ1v) is 8.57. The summed E-state index contributed by atoms with van der Waals surface area (Å²) in [6.07, 6.45) is 3.12. The number of ether oxygens (including phenoxy) is 2. The van der Waals surface area contributed by atoms with E-state index in [9.17, 15) is 4.79 Å². The van der Waals surface area contributed by atoms with Crippen LogP contribution in [0, 0.1) is 0 Å². The number of hydrogen-bond acceptors (Lipinski definition) is 4. The van der Waals surface area contributed by atoms with Crippen LogP contribution >= 0.6 is 0 Å². The first-order valence-electron chi connectivity index (χ1n) is 8.57. The summed E-state index contributed by atoms with van der Waals surface area (Å²) in [6, 6.07) is 0.635. The van der Waals surface area contributed by atoms with Crippen LogP contribution < -0.4 is 5.32 Å². The van der Waals surface area contributed by atoms with Crippen LogP contribution in [0.5, 0.6) is 0 Å². The van der Waals surface area contributed by atoms with Crippen molar-refractivity contribution >= 4 is 6.09 Å². The van der Waals surface area contributed by atoms with E-state index in [1.807, 2.05) is 32.6 Å². The van der Waals surface area contributed by atoms with E-state index < -0.39 is 5.60 Å². The Bertz CT molecular complexity index is 341. The Morgan fingerprint density at radius 2 is 2.05 bits per heavy atom. The molecule has 1 aliphatic heterocycles. The predicted molar refractivity (Wildman–Crippen MR) is 89.1 cm³/mol. The summed E-state index contributed by atoms with van der Waals surface area (Å²) in [4.78, 5) is 14.2. The molecule has 130 valence electrons. The van der Waals surface area contributed by atoms with Crippen LogP contribution in [0.2, 0.25) is 0 Å². The van der Waals surface area contributed by atoms with Crippen molar-refractivity contribution in [3.05, 3.63) is 0 Å². The van der Waals surface area contributed by atoms with E-state index in [4.69, 9.17) is 9.47 Å². The van der Waals surface area contributed by atoms with E-state index in [0.717, 1.165) is 39.0 Å². The fraction of sp³-hybridized carbons (Fsp3) is 0.941. The monoisotopic (exact) mass is 314 g/mol. The first-order chi connectivity index (χ1) is 10.2. The van der Waals surface area contributed by atoms with Crippen molar-refractivity contribution in [2.45, 2.75) is 84.6 Å². The first kappa shape index (κ1) is 19.2. The van der Waals surface area contributed by atoms with Gasteiger partial charge in [-0.3, -0.25) is 0 Å². The third-order valence-corrected chi connectivity index (χ3v) is 3.84. The summed E-state index contributed by atoms with van der Waals surface area (Å²) in [5.41, 5.74) is -0.430. The molecule has 0 aromatic rings. The highest BCUT2D eigenvalue weighted by Gasteiger charge is 2.32. The quantitative estimate of drug-likeness (QED) is 0.784. The van der Waals surface area contributed by atoms with Gasteiger partial charge in [0.2, 0.25) is 0 Å². The second kappa shape index (κ2) is 8.73. The molecule has 1 fully saturated rings. The number of nitrogens with one attached hydrogen (secondary N) is 1. The van der Waals surface area contributed by atoms with Crippen LogP contribution in [0.15, 0.2) is 0 Å². The number of likely N-dealkylation sites (tertiary alicyclic amines) is 1. The van der Waals surface area contributed by atoms with Gasteiger partial charge in [0.1, 0.15) is 5.60 Å². The van der Waals surface area contributed by atoms with Gasteiger partial charge < -0.3 is 19.7 Å².